The summed E-state index contributed by atoms with van der Waals surface area (Å²) in [6.45, 7) is 2.02. The fourth-order valence-corrected chi connectivity index (χ4v) is 2.93. The summed E-state index contributed by atoms with van der Waals surface area (Å²) in [6, 6.07) is 14.4. The maximum atomic E-state index is 12.3. The van der Waals surface area contributed by atoms with Gasteiger partial charge in [-0.2, -0.15) is 0 Å². The molecule has 6 heteroatoms. The number of carbonyl (C=O) groups is 2. The van der Waals surface area contributed by atoms with E-state index in [2.05, 4.69) is 10.3 Å². The van der Waals surface area contributed by atoms with Gasteiger partial charge in [0.1, 0.15) is 10.7 Å². The van der Waals surface area contributed by atoms with Crippen LogP contribution in [0.4, 0.5) is 5.69 Å². The Morgan fingerprint density at radius 3 is 2.33 bits per heavy atom. The number of nitrogens with zero attached hydrogens (tertiary/aromatic N) is 1. The third-order valence-corrected chi connectivity index (χ3v) is 4.35. The number of rotatable bonds is 4. The second-order valence-corrected chi connectivity index (χ2v) is 6.16. The van der Waals surface area contributed by atoms with Gasteiger partial charge in [0.15, 0.2) is 0 Å². The van der Waals surface area contributed by atoms with Crippen LogP contribution < -0.4 is 11.1 Å². The van der Waals surface area contributed by atoms with Crippen molar-refractivity contribution in [1.82, 2.24) is 4.98 Å². The van der Waals surface area contributed by atoms with Gasteiger partial charge in [0.25, 0.3) is 5.91 Å². The average Bonchev–Trinajstić information content (AvgIpc) is 3.06. The number of primary amides is 1. The van der Waals surface area contributed by atoms with Crippen molar-refractivity contribution in [3.05, 3.63) is 70.7 Å². The van der Waals surface area contributed by atoms with E-state index in [1.807, 2.05) is 31.2 Å². The molecule has 0 aliphatic rings. The van der Waals surface area contributed by atoms with Crippen molar-refractivity contribution in [2.45, 2.75) is 6.92 Å². The first-order valence-electron chi connectivity index (χ1n) is 7.27. The van der Waals surface area contributed by atoms with Crippen LogP contribution in [0, 0.1) is 6.92 Å². The number of aromatic nitrogens is 1. The van der Waals surface area contributed by atoms with E-state index in [-0.39, 0.29) is 5.91 Å². The third-order valence-electron chi connectivity index (χ3n) is 3.46. The second-order valence-electron chi connectivity index (χ2n) is 5.30. The third kappa shape index (κ3) is 3.49. The predicted molar refractivity (Wildman–Crippen MR) is 95.2 cm³/mol. The molecule has 0 spiro atoms. The number of nitrogens with one attached hydrogen (secondary N) is 1. The van der Waals surface area contributed by atoms with Crippen molar-refractivity contribution >= 4 is 28.8 Å². The molecule has 120 valence electrons. The number of benzene rings is 2. The quantitative estimate of drug-likeness (QED) is 0.764. The molecule has 1 heterocycles. The Morgan fingerprint density at radius 2 is 1.71 bits per heavy atom. The Morgan fingerprint density at radius 1 is 1.04 bits per heavy atom. The van der Waals surface area contributed by atoms with Crippen LogP contribution in [-0.4, -0.2) is 16.8 Å². The zero-order chi connectivity index (χ0) is 17.1. The highest BCUT2D eigenvalue weighted by Gasteiger charge is 2.12. The molecule has 3 N–H and O–H groups in total. The highest BCUT2D eigenvalue weighted by Crippen LogP contribution is 2.24. The lowest BCUT2D eigenvalue weighted by molar-refractivity contribution is 0.0998. The zero-order valence-corrected chi connectivity index (χ0v) is 13.8. The molecule has 0 atom stereocenters. The van der Waals surface area contributed by atoms with Gasteiger partial charge in [0.05, 0.1) is 0 Å². The highest BCUT2D eigenvalue weighted by molar-refractivity contribution is 7.13. The number of aryl methyl sites for hydroxylation is 1. The smallest absolute Gasteiger partial charge is 0.275 e. The summed E-state index contributed by atoms with van der Waals surface area (Å²) in [4.78, 5) is 27.7. The Hall–Kier alpha value is -2.99. The average molecular weight is 337 g/mol. The summed E-state index contributed by atoms with van der Waals surface area (Å²) in [5.41, 5.74) is 8.67. The van der Waals surface area contributed by atoms with Crippen LogP contribution >= 0.6 is 11.3 Å². The van der Waals surface area contributed by atoms with Gasteiger partial charge in [-0.25, -0.2) is 4.98 Å². The van der Waals surface area contributed by atoms with Gasteiger partial charge in [-0.05, 0) is 31.2 Å². The maximum absolute atomic E-state index is 12.3. The van der Waals surface area contributed by atoms with Crippen LogP contribution in [0.25, 0.3) is 10.6 Å². The summed E-state index contributed by atoms with van der Waals surface area (Å²) >= 11 is 1.42. The first-order valence-corrected chi connectivity index (χ1v) is 8.15. The van der Waals surface area contributed by atoms with Gasteiger partial charge < -0.3 is 11.1 Å². The molecule has 5 nitrogen and oxygen atoms in total. The Bertz CT molecular complexity index is 883. The van der Waals surface area contributed by atoms with E-state index in [1.54, 1.807) is 29.6 Å². The first-order chi connectivity index (χ1) is 11.5. The van der Waals surface area contributed by atoms with Crippen molar-refractivity contribution in [2.75, 3.05) is 5.32 Å². The number of nitrogens with two attached hydrogens (primary N) is 1. The molecule has 0 radical (unpaired) electrons. The van der Waals surface area contributed by atoms with Crippen molar-refractivity contribution in [2.24, 2.45) is 5.73 Å². The minimum absolute atomic E-state index is 0.295. The molecular weight excluding hydrogens is 322 g/mol. The van der Waals surface area contributed by atoms with Crippen LogP contribution in [0.1, 0.15) is 26.4 Å². The normalized spacial score (nSPS) is 10.4. The van der Waals surface area contributed by atoms with Gasteiger partial charge in [-0.15, -0.1) is 11.3 Å². The van der Waals surface area contributed by atoms with Crippen LogP contribution in [0.3, 0.4) is 0 Å². The molecule has 1 aromatic heterocycles. The van der Waals surface area contributed by atoms with Gasteiger partial charge in [-0.3, -0.25) is 9.59 Å². The summed E-state index contributed by atoms with van der Waals surface area (Å²) < 4.78 is 0. The van der Waals surface area contributed by atoms with E-state index in [0.717, 1.165) is 10.6 Å². The topological polar surface area (TPSA) is 85.1 Å². The molecule has 0 unspecified atom stereocenters. The monoisotopic (exact) mass is 337 g/mol. The molecule has 0 saturated carbocycles. The van der Waals surface area contributed by atoms with E-state index < -0.39 is 5.91 Å². The van der Waals surface area contributed by atoms with Gasteiger partial charge in [0.2, 0.25) is 5.91 Å². The molecule has 24 heavy (non-hydrogen) atoms. The molecule has 0 aliphatic carbocycles. The van der Waals surface area contributed by atoms with Gasteiger partial charge in [-0.1, -0.05) is 29.8 Å². The summed E-state index contributed by atoms with van der Waals surface area (Å²) in [7, 11) is 0. The summed E-state index contributed by atoms with van der Waals surface area (Å²) in [5, 5.41) is 5.27. The van der Waals surface area contributed by atoms with Crippen molar-refractivity contribution in [3.8, 4) is 10.6 Å². The fraction of sp³-hybridized carbons (Fsp3) is 0.0556. The number of carbonyl (C=O) groups excluding carboxylic acids is 2. The predicted octanol–water partition coefficient (Wildman–Crippen LogP) is 3.47. The Balaban J connectivity index is 1.73. The maximum Gasteiger partial charge on any atom is 0.275 e. The molecule has 3 aromatic rings. The van der Waals surface area contributed by atoms with Crippen LogP contribution in [0.5, 0.6) is 0 Å². The summed E-state index contributed by atoms with van der Waals surface area (Å²) in [6.07, 6.45) is 0. The van der Waals surface area contributed by atoms with E-state index in [9.17, 15) is 9.59 Å². The second kappa shape index (κ2) is 6.64. The number of thiazole rings is 1. The van der Waals surface area contributed by atoms with Gasteiger partial charge >= 0.3 is 0 Å². The van der Waals surface area contributed by atoms with Crippen molar-refractivity contribution < 1.29 is 9.59 Å². The number of hydrogen-bond acceptors (Lipinski definition) is 4. The van der Waals surface area contributed by atoms with Crippen molar-refractivity contribution in [3.63, 3.8) is 0 Å². The van der Waals surface area contributed by atoms with Crippen LogP contribution in [0.2, 0.25) is 0 Å². The minimum atomic E-state index is -0.505. The minimum Gasteiger partial charge on any atom is -0.366 e. The lowest BCUT2D eigenvalue weighted by atomic mass is 10.2. The molecule has 0 aliphatic heterocycles. The molecule has 0 bridgehead atoms. The molecule has 0 fully saturated rings. The summed E-state index contributed by atoms with van der Waals surface area (Å²) in [5.74, 6) is -0.799. The Labute approximate surface area is 143 Å². The zero-order valence-electron chi connectivity index (χ0n) is 12.9. The van der Waals surface area contributed by atoms with Crippen LogP contribution in [0.15, 0.2) is 53.9 Å². The lowest BCUT2D eigenvalue weighted by Gasteiger charge is -2.03. The van der Waals surface area contributed by atoms with E-state index in [1.165, 1.54) is 16.9 Å². The molecule has 2 amide bonds. The van der Waals surface area contributed by atoms with E-state index >= 15 is 0 Å². The highest BCUT2D eigenvalue weighted by atomic mass is 32.1. The molecule has 2 aromatic carbocycles. The van der Waals surface area contributed by atoms with E-state index in [0.29, 0.717) is 16.9 Å². The largest absolute Gasteiger partial charge is 0.366 e. The lowest BCUT2D eigenvalue weighted by Crippen LogP contribution is -2.13. The molecular formula is C18H15N3O2S. The first kappa shape index (κ1) is 15.9. The van der Waals surface area contributed by atoms with E-state index in [4.69, 9.17) is 5.73 Å². The number of amides is 2. The number of hydrogen-bond donors (Lipinski definition) is 2. The SMILES string of the molecule is Cc1ccc(-c2nc(C(=O)Nc3ccc(C(N)=O)cc3)cs2)cc1. The standard InChI is InChI=1S/C18H15N3O2S/c1-11-2-4-13(5-3-11)18-21-15(10-24-18)17(23)20-14-8-6-12(7-9-14)16(19)22/h2-10H,1H3,(H2,19,22)(H,20,23). The molecule has 3 rings (SSSR count). The van der Waals surface area contributed by atoms with Crippen LogP contribution in [-0.2, 0) is 0 Å². The van der Waals surface area contributed by atoms with Gasteiger partial charge in [0, 0.05) is 22.2 Å². The molecule has 0 saturated heterocycles. The van der Waals surface area contributed by atoms with Crippen molar-refractivity contribution in [1.29, 1.82) is 0 Å². The Kier molecular flexibility index (Phi) is 4.39. The number of anilines is 1. The fourth-order valence-electron chi connectivity index (χ4n) is 2.12.